The average molecular weight is 361 g/mol. The largest absolute Gasteiger partial charge is 0.493 e. The van der Waals surface area contributed by atoms with Gasteiger partial charge in [0.05, 0.1) is 14.2 Å². The predicted octanol–water partition coefficient (Wildman–Crippen LogP) is 2.80. The Kier molecular flexibility index (Phi) is 5.69. The number of fused-ring (bicyclic) bond motifs is 2. The Morgan fingerprint density at radius 1 is 1.19 bits per heavy atom. The minimum absolute atomic E-state index is 0.113. The van der Waals surface area contributed by atoms with E-state index in [0.717, 1.165) is 11.8 Å². The summed E-state index contributed by atoms with van der Waals surface area (Å²) in [5.41, 5.74) is 0.516. The van der Waals surface area contributed by atoms with Crippen molar-refractivity contribution in [2.24, 2.45) is 17.8 Å². The van der Waals surface area contributed by atoms with Crippen LogP contribution < -0.4 is 14.8 Å². The molecule has 6 heteroatoms. The molecule has 6 nitrogen and oxygen atoms in total. The van der Waals surface area contributed by atoms with Crippen molar-refractivity contribution in [3.63, 3.8) is 0 Å². The molecule has 2 fully saturated rings. The summed E-state index contributed by atoms with van der Waals surface area (Å²) in [6, 6.07) is 5.12. The van der Waals surface area contributed by atoms with Gasteiger partial charge < -0.3 is 19.5 Å². The number of amides is 1. The molecule has 142 valence electrons. The van der Waals surface area contributed by atoms with Gasteiger partial charge >= 0.3 is 5.97 Å². The second-order valence-corrected chi connectivity index (χ2v) is 7.33. The predicted molar refractivity (Wildman–Crippen MR) is 96.4 cm³/mol. The van der Waals surface area contributed by atoms with Crippen molar-refractivity contribution in [2.45, 2.75) is 38.6 Å². The molecule has 0 heterocycles. The van der Waals surface area contributed by atoms with E-state index in [-0.39, 0.29) is 18.6 Å². The Morgan fingerprint density at radius 3 is 2.62 bits per heavy atom. The number of benzene rings is 1. The Hall–Kier alpha value is -2.24. The van der Waals surface area contributed by atoms with Crippen LogP contribution in [0.25, 0.3) is 0 Å². The van der Waals surface area contributed by atoms with E-state index in [1.54, 1.807) is 18.2 Å². The van der Waals surface area contributed by atoms with Gasteiger partial charge in [0.1, 0.15) is 0 Å². The summed E-state index contributed by atoms with van der Waals surface area (Å²) in [6.07, 6.45) is 5.21. The van der Waals surface area contributed by atoms with Gasteiger partial charge in [-0.25, -0.2) is 4.79 Å². The van der Waals surface area contributed by atoms with Gasteiger partial charge in [-0.3, -0.25) is 4.79 Å². The maximum Gasteiger partial charge on any atom is 0.343 e. The Bertz CT molecular complexity index is 674. The van der Waals surface area contributed by atoms with Gasteiger partial charge in [-0.05, 0) is 62.1 Å². The minimum atomic E-state index is -0.478. The lowest BCUT2D eigenvalue weighted by molar-refractivity contribution is -0.142. The Labute approximate surface area is 154 Å². The summed E-state index contributed by atoms with van der Waals surface area (Å²) in [4.78, 5) is 23.8. The van der Waals surface area contributed by atoms with Crippen molar-refractivity contribution < 1.29 is 23.8 Å². The highest BCUT2D eigenvalue weighted by atomic mass is 16.6. The fourth-order valence-electron chi connectivity index (χ4n) is 4.43. The van der Waals surface area contributed by atoms with Gasteiger partial charge in [-0.1, -0.05) is 6.42 Å². The van der Waals surface area contributed by atoms with Crippen LogP contribution in [-0.4, -0.2) is 38.7 Å². The lowest BCUT2D eigenvalue weighted by Crippen LogP contribution is -2.40. The Balaban J connectivity index is 1.62. The molecule has 0 unspecified atom stereocenters. The molecule has 0 aliphatic heterocycles. The average Bonchev–Trinajstić information content (AvgIpc) is 3.29. The monoisotopic (exact) mass is 361 g/mol. The van der Waals surface area contributed by atoms with Crippen LogP contribution >= 0.6 is 0 Å². The van der Waals surface area contributed by atoms with Crippen LogP contribution in [0.1, 0.15) is 43.0 Å². The van der Waals surface area contributed by atoms with Crippen LogP contribution in [0.5, 0.6) is 11.5 Å². The van der Waals surface area contributed by atoms with E-state index < -0.39 is 5.97 Å². The van der Waals surface area contributed by atoms with Gasteiger partial charge in [0.15, 0.2) is 18.1 Å². The lowest BCUT2D eigenvalue weighted by atomic mass is 9.84. The highest BCUT2D eigenvalue weighted by Crippen LogP contribution is 2.49. The number of carbonyl (C=O) groups is 2. The first kappa shape index (κ1) is 18.5. The minimum Gasteiger partial charge on any atom is -0.493 e. The molecular formula is C20H27NO5. The summed E-state index contributed by atoms with van der Waals surface area (Å²) >= 11 is 0. The molecule has 1 N–H and O–H groups in total. The van der Waals surface area contributed by atoms with Crippen molar-refractivity contribution in [3.8, 4) is 11.5 Å². The summed E-state index contributed by atoms with van der Waals surface area (Å²) in [7, 11) is 2.80. The SMILES string of the molecule is COC(=O)COc1ccc(C(=O)N[C@@H](C)[C@H]2C[C@H]3CC[C@H]2C3)cc1OC. The number of esters is 1. The molecule has 4 atom stereocenters. The van der Waals surface area contributed by atoms with Crippen molar-refractivity contribution in [3.05, 3.63) is 23.8 Å². The van der Waals surface area contributed by atoms with E-state index in [9.17, 15) is 9.59 Å². The fraction of sp³-hybridized carbons (Fsp3) is 0.600. The summed E-state index contributed by atoms with van der Waals surface area (Å²) in [5, 5.41) is 3.14. The summed E-state index contributed by atoms with van der Waals surface area (Å²) < 4.78 is 15.2. The molecule has 26 heavy (non-hydrogen) atoms. The number of carbonyl (C=O) groups excluding carboxylic acids is 2. The van der Waals surface area contributed by atoms with Gasteiger partial charge in [0.25, 0.3) is 5.91 Å². The number of hydrogen-bond acceptors (Lipinski definition) is 5. The number of nitrogens with one attached hydrogen (secondary N) is 1. The second-order valence-electron chi connectivity index (χ2n) is 7.33. The van der Waals surface area contributed by atoms with Crippen LogP contribution in [0.2, 0.25) is 0 Å². The molecule has 0 radical (unpaired) electrons. The lowest BCUT2D eigenvalue weighted by Gasteiger charge is -2.28. The van der Waals surface area contributed by atoms with Crippen molar-refractivity contribution in [1.82, 2.24) is 5.32 Å². The third-order valence-corrected chi connectivity index (χ3v) is 5.79. The standard InChI is InChI=1S/C20H27NO5/c1-12(16-9-13-4-5-14(16)8-13)21-20(23)15-6-7-17(18(10-15)24-2)26-11-19(22)25-3/h6-7,10,12-14,16H,4-5,8-9,11H2,1-3H3,(H,21,23)/t12-,13-,14-,16+/m0/s1. The molecule has 1 aromatic rings. The number of hydrogen-bond donors (Lipinski definition) is 1. The molecule has 1 aromatic carbocycles. The molecule has 2 bridgehead atoms. The highest BCUT2D eigenvalue weighted by Gasteiger charge is 2.42. The quantitative estimate of drug-likeness (QED) is 0.756. The number of ether oxygens (including phenoxy) is 3. The first-order chi connectivity index (χ1) is 12.5. The maximum atomic E-state index is 12.6. The molecule has 2 aliphatic rings. The second kappa shape index (κ2) is 7.98. The zero-order valence-corrected chi connectivity index (χ0v) is 15.6. The topological polar surface area (TPSA) is 73.9 Å². The molecule has 0 saturated heterocycles. The normalized spacial score (nSPS) is 24.8. The zero-order valence-electron chi connectivity index (χ0n) is 15.6. The van der Waals surface area contributed by atoms with E-state index in [0.29, 0.717) is 23.0 Å². The van der Waals surface area contributed by atoms with E-state index in [4.69, 9.17) is 9.47 Å². The van der Waals surface area contributed by atoms with E-state index in [1.807, 2.05) is 0 Å². The number of rotatable bonds is 7. The highest BCUT2D eigenvalue weighted by molar-refractivity contribution is 5.95. The van der Waals surface area contributed by atoms with E-state index >= 15 is 0 Å². The van der Waals surface area contributed by atoms with Gasteiger partial charge in [-0.2, -0.15) is 0 Å². The van der Waals surface area contributed by atoms with Gasteiger partial charge in [0, 0.05) is 11.6 Å². The Morgan fingerprint density at radius 2 is 2.00 bits per heavy atom. The van der Waals surface area contributed by atoms with Gasteiger partial charge in [0.2, 0.25) is 0 Å². The van der Waals surface area contributed by atoms with Gasteiger partial charge in [-0.15, -0.1) is 0 Å². The van der Waals surface area contributed by atoms with E-state index in [2.05, 4.69) is 17.0 Å². The first-order valence-corrected chi connectivity index (χ1v) is 9.20. The third-order valence-electron chi connectivity index (χ3n) is 5.79. The van der Waals surface area contributed by atoms with Crippen molar-refractivity contribution >= 4 is 11.9 Å². The van der Waals surface area contributed by atoms with Crippen molar-refractivity contribution in [1.29, 1.82) is 0 Å². The molecule has 2 saturated carbocycles. The van der Waals surface area contributed by atoms with Crippen LogP contribution in [0.4, 0.5) is 0 Å². The molecule has 1 amide bonds. The van der Waals surface area contributed by atoms with Crippen molar-refractivity contribution in [2.75, 3.05) is 20.8 Å². The van der Waals surface area contributed by atoms with Crippen LogP contribution in [-0.2, 0) is 9.53 Å². The molecule has 3 rings (SSSR count). The maximum absolute atomic E-state index is 12.6. The molecule has 2 aliphatic carbocycles. The number of methoxy groups -OCH3 is 2. The van der Waals surface area contributed by atoms with Crippen LogP contribution in [0.15, 0.2) is 18.2 Å². The smallest absolute Gasteiger partial charge is 0.343 e. The summed E-state index contributed by atoms with van der Waals surface area (Å²) in [5.74, 6) is 2.42. The van der Waals surface area contributed by atoms with E-state index in [1.165, 1.54) is 39.9 Å². The summed E-state index contributed by atoms with van der Waals surface area (Å²) in [6.45, 7) is 1.90. The zero-order chi connectivity index (χ0) is 18.7. The van der Waals surface area contributed by atoms with Crippen LogP contribution in [0.3, 0.4) is 0 Å². The van der Waals surface area contributed by atoms with Crippen LogP contribution in [0, 0.1) is 17.8 Å². The fourth-order valence-corrected chi connectivity index (χ4v) is 4.43. The molecular weight excluding hydrogens is 334 g/mol. The first-order valence-electron chi connectivity index (χ1n) is 9.20. The third kappa shape index (κ3) is 3.94. The molecule has 0 spiro atoms. The molecule has 0 aromatic heterocycles.